The summed E-state index contributed by atoms with van der Waals surface area (Å²) in [6, 6.07) is 5.52. The van der Waals surface area contributed by atoms with Crippen LogP contribution in [0.5, 0.6) is 5.75 Å². The molecule has 3 nitrogen and oxygen atoms in total. The van der Waals surface area contributed by atoms with Crippen LogP contribution in [-0.4, -0.2) is 18.2 Å². The second-order valence-electron chi connectivity index (χ2n) is 3.25. The summed E-state index contributed by atoms with van der Waals surface area (Å²) < 4.78 is 5.13. The van der Waals surface area contributed by atoms with E-state index in [1.165, 1.54) is 0 Å². The van der Waals surface area contributed by atoms with E-state index in [0.717, 1.165) is 11.1 Å². The molecular formula is C11H14O3. The molecule has 0 aliphatic heterocycles. The predicted octanol–water partition coefficient (Wildman–Crippen LogP) is 2.19. The van der Waals surface area contributed by atoms with Gasteiger partial charge in [-0.05, 0) is 25.5 Å². The number of aliphatic carboxylic acids is 1. The van der Waals surface area contributed by atoms with E-state index in [-0.39, 0.29) is 0 Å². The molecule has 14 heavy (non-hydrogen) atoms. The van der Waals surface area contributed by atoms with Crippen LogP contribution in [-0.2, 0) is 4.79 Å². The molecule has 1 aromatic rings. The Bertz CT molecular complexity index is 344. The average Bonchev–Trinajstić information content (AvgIpc) is 2.16. The SMILES string of the molecule is COc1cccc(C)c1C(C)C(=O)O. The van der Waals surface area contributed by atoms with E-state index in [9.17, 15) is 4.79 Å². The minimum Gasteiger partial charge on any atom is -0.496 e. The summed E-state index contributed by atoms with van der Waals surface area (Å²) in [5.74, 6) is -0.733. The van der Waals surface area contributed by atoms with Gasteiger partial charge in [-0.15, -0.1) is 0 Å². The molecule has 1 atom stereocenters. The number of methoxy groups -OCH3 is 1. The van der Waals surface area contributed by atoms with Gasteiger partial charge in [0.15, 0.2) is 0 Å². The molecule has 0 aliphatic rings. The van der Waals surface area contributed by atoms with Crippen molar-refractivity contribution < 1.29 is 14.6 Å². The summed E-state index contributed by atoms with van der Waals surface area (Å²) in [6.07, 6.45) is 0. The van der Waals surface area contributed by atoms with Crippen LogP contribution < -0.4 is 4.74 Å². The fraction of sp³-hybridized carbons (Fsp3) is 0.364. The van der Waals surface area contributed by atoms with Gasteiger partial charge in [-0.2, -0.15) is 0 Å². The fourth-order valence-electron chi connectivity index (χ4n) is 1.51. The number of benzene rings is 1. The predicted molar refractivity (Wildman–Crippen MR) is 53.8 cm³/mol. The number of ether oxygens (including phenoxy) is 1. The highest BCUT2D eigenvalue weighted by molar-refractivity contribution is 5.77. The first-order valence-electron chi connectivity index (χ1n) is 4.44. The van der Waals surface area contributed by atoms with Gasteiger partial charge in [0.05, 0.1) is 13.0 Å². The third kappa shape index (κ3) is 1.87. The lowest BCUT2D eigenvalue weighted by Gasteiger charge is -2.14. The van der Waals surface area contributed by atoms with Crippen LogP contribution in [0.4, 0.5) is 0 Å². The molecule has 76 valence electrons. The van der Waals surface area contributed by atoms with E-state index in [2.05, 4.69) is 0 Å². The van der Waals surface area contributed by atoms with E-state index < -0.39 is 11.9 Å². The molecule has 0 aliphatic carbocycles. The molecule has 1 rings (SSSR count). The smallest absolute Gasteiger partial charge is 0.310 e. The molecule has 0 spiro atoms. The normalized spacial score (nSPS) is 12.2. The Hall–Kier alpha value is -1.51. The van der Waals surface area contributed by atoms with Gasteiger partial charge in [0, 0.05) is 5.56 Å². The lowest BCUT2D eigenvalue weighted by atomic mass is 9.95. The van der Waals surface area contributed by atoms with Crippen molar-refractivity contribution >= 4 is 5.97 Å². The van der Waals surface area contributed by atoms with Gasteiger partial charge in [-0.3, -0.25) is 4.79 Å². The van der Waals surface area contributed by atoms with Crippen LogP contribution in [0.2, 0.25) is 0 Å². The Balaban J connectivity index is 3.23. The molecular weight excluding hydrogens is 180 g/mol. The van der Waals surface area contributed by atoms with Crippen LogP contribution in [0, 0.1) is 6.92 Å². The monoisotopic (exact) mass is 194 g/mol. The van der Waals surface area contributed by atoms with Crippen LogP contribution in [0.15, 0.2) is 18.2 Å². The molecule has 0 amide bonds. The molecule has 0 saturated heterocycles. The Morgan fingerprint density at radius 1 is 1.50 bits per heavy atom. The molecule has 1 unspecified atom stereocenters. The van der Waals surface area contributed by atoms with Gasteiger partial charge in [0.1, 0.15) is 5.75 Å². The quantitative estimate of drug-likeness (QED) is 0.802. The van der Waals surface area contributed by atoms with Gasteiger partial charge in [-0.1, -0.05) is 12.1 Å². The summed E-state index contributed by atoms with van der Waals surface area (Å²) in [5.41, 5.74) is 1.70. The van der Waals surface area contributed by atoms with Crippen molar-refractivity contribution in [3.63, 3.8) is 0 Å². The maximum absolute atomic E-state index is 10.9. The van der Waals surface area contributed by atoms with Crippen LogP contribution >= 0.6 is 0 Å². The highest BCUT2D eigenvalue weighted by Crippen LogP contribution is 2.29. The highest BCUT2D eigenvalue weighted by atomic mass is 16.5. The Morgan fingerprint density at radius 3 is 2.64 bits per heavy atom. The highest BCUT2D eigenvalue weighted by Gasteiger charge is 2.19. The first-order valence-corrected chi connectivity index (χ1v) is 4.44. The summed E-state index contributed by atoms with van der Waals surface area (Å²) in [5, 5.41) is 8.92. The second-order valence-corrected chi connectivity index (χ2v) is 3.25. The zero-order chi connectivity index (χ0) is 10.7. The number of carbonyl (C=O) groups is 1. The summed E-state index contributed by atoms with van der Waals surface area (Å²) in [4.78, 5) is 10.9. The van der Waals surface area contributed by atoms with Crippen molar-refractivity contribution in [2.75, 3.05) is 7.11 Å². The topological polar surface area (TPSA) is 46.5 Å². The third-order valence-electron chi connectivity index (χ3n) is 2.31. The average molecular weight is 194 g/mol. The van der Waals surface area contributed by atoms with E-state index in [4.69, 9.17) is 9.84 Å². The van der Waals surface area contributed by atoms with Crippen LogP contribution in [0.25, 0.3) is 0 Å². The van der Waals surface area contributed by atoms with E-state index in [1.54, 1.807) is 20.1 Å². The summed E-state index contributed by atoms with van der Waals surface area (Å²) >= 11 is 0. The second kappa shape index (κ2) is 4.13. The molecule has 0 radical (unpaired) electrons. The van der Waals surface area contributed by atoms with E-state index in [1.807, 2.05) is 19.1 Å². The minimum absolute atomic E-state index is 0.536. The number of aryl methyl sites for hydroxylation is 1. The van der Waals surface area contributed by atoms with Crippen LogP contribution in [0.3, 0.4) is 0 Å². The van der Waals surface area contributed by atoms with Gasteiger partial charge in [0.2, 0.25) is 0 Å². The Kier molecular flexibility index (Phi) is 3.12. The first kappa shape index (κ1) is 10.6. The maximum Gasteiger partial charge on any atom is 0.310 e. The minimum atomic E-state index is -0.836. The van der Waals surface area contributed by atoms with Gasteiger partial charge >= 0.3 is 5.97 Å². The number of hydrogen-bond donors (Lipinski definition) is 1. The number of carboxylic acid groups (broad SMARTS) is 1. The first-order chi connectivity index (χ1) is 6.57. The standard InChI is InChI=1S/C11H14O3/c1-7-5-4-6-9(14-3)10(7)8(2)11(12)13/h4-6,8H,1-3H3,(H,12,13). The number of rotatable bonds is 3. The van der Waals surface area contributed by atoms with Gasteiger partial charge < -0.3 is 9.84 Å². The molecule has 3 heteroatoms. The zero-order valence-electron chi connectivity index (χ0n) is 8.57. The largest absolute Gasteiger partial charge is 0.496 e. The van der Waals surface area contributed by atoms with Gasteiger partial charge in [0.25, 0.3) is 0 Å². The maximum atomic E-state index is 10.9. The van der Waals surface area contributed by atoms with Gasteiger partial charge in [-0.25, -0.2) is 0 Å². The lowest BCUT2D eigenvalue weighted by molar-refractivity contribution is -0.138. The van der Waals surface area contributed by atoms with Crippen LogP contribution in [0.1, 0.15) is 24.0 Å². The number of hydrogen-bond acceptors (Lipinski definition) is 2. The summed E-state index contributed by atoms with van der Waals surface area (Å²) in [6.45, 7) is 3.55. The molecule has 1 aromatic carbocycles. The van der Waals surface area contributed by atoms with Crippen molar-refractivity contribution in [2.24, 2.45) is 0 Å². The molecule has 0 saturated carbocycles. The van der Waals surface area contributed by atoms with Crippen molar-refractivity contribution in [2.45, 2.75) is 19.8 Å². The molecule has 1 N–H and O–H groups in total. The van der Waals surface area contributed by atoms with Crippen molar-refractivity contribution in [1.29, 1.82) is 0 Å². The van der Waals surface area contributed by atoms with E-state index in [0.29, 0.717) is 5.75 Å². The van der Waals surface area contributed by atoms with E-state index >= 15 is 0 Å². The zero-order valence-corrected chi connectivity index (χ0v) is 8.57. The molecule has 0 aromatic heterocycles. The molecule has 0 heterocycles. The molecule has 0 fully saturated rings. The lowest BCUT2D eigenvalue weighted by Crippen LogP contribution is -2.10. The molecule has 0 bridgehead atoms. The van der Waals surface area contributed by atoms with Crippen molar-refractivity contribution in [3.05, 3.63) is 29.3 Å². The van der Waals surface area contributed by atoms with Crippen molar-refractivity contribution in [1.82, 2.24) is 0 Å². The fourth-order valence-corrected chi connectivity index (χ4v) is 1.51. The Morgan fingerprint density at radius 2 is 2.14 bits per heavy atom. The number of carboxylic acids is 1. The third-order valence-corrected chi connectivity index (χ3v) is 2.31. The van der Waals surface area contributed by atoms with Crippen molar-refractivity contribution in [3.8, 4) is 5.75 Å². The summed E-state index contributed by atoms with van der Waals surface area (Å²) in [7, 11) is 1.55. The Labute approximate surface area is 83.3 Å².